The molecule has 0 saturated heterocycles. The van der Waals surface area contributed by atoms with Crippen molar-refractivity contribution in [3.63, 3.8) is 0 Å². The molecule has 3 N–H and O–H groups in total. The highest BCUT2D eigenvalue weighted by Gasteiger charge is 2.23. The van der Waals surface area contributed by atoms with E-state index in [4.69, 9.17) is 28.9 Å². The fraction of sp³-hybridized carbons (Fsp3) is 0.0952. The van der Waals surface area contributed by atoms with Crippen LogP contribution in [0.3, 0.4) is 0 Å². The number of fused-ring (bicyclic) bond motifs is 1. The van der Waals surface area contributed by atoms with E-state index >= 15 is 0 Å². The Morgan fingerprint density at radius 2 is 1.88 bits per heavy atom. The minimum atomic E-state index is -0.733. The highest BCUT2D eigenvalue weighted by atomic mass is 35.5. The van der Waals surface area contributed by atoms with Crippen LogP contribution in [0.4, 0.5) is 16.2 Å². The second kappa shape index (κ2) is 8.42. The van der Waals surface area contributed by atoms with Crippen LogP contribution in [0.15, 0.2) is 47.3 Å². The van der Waals surface area contributed by atoms with Gasteiger partial charge < -0.3 is 11.1 Å². The van der Waals surface area contributed by atoms with Gasteiger partial charge in [0.25, 0.3) is 5.56 Å². The number of nitrogens with one attached hydrogen (secondary N) is 1. The highest BCUT2D eigenvalue weighted by Crippen LogP contribution is 2.28. The van der Waals surface area contributed by atoms with Gasteiger partial charge in [-0.05, 0) is 31.2 Å². The third-order valence-electron chi connectivity index (χ3n) is 4.70. The van der Waals surface area contributed by atoms with Gasteiger partial charge in [0.15, 0.2) is 11.0 Å². The minimum Gasteiger partial charge on any atom is -0.368 e. The molecule has 0 amide bonds. The van der Waals surface area contributed by atoms with Gasteiger partial charge in [-0.25, -0.2) is 9.37 Å². The number of rotatable bonds is 4. The first-order valence-corrected chi connectivity index (χ1v) is 10.0. The summed E-state index contributed by atoms with van der Waals surface area (Å²) >= 11 is 12.2. The first-order chi connectivity index (χ1) is 15.3. The number of nitrogens with zero attached hydrogens (tertiary/aromatic N) is 5. The Kier molecular flexibility index (Phi) is 5.65. The van der Waals surface area contributed by atoms with Crippen molar-refractivity contribution < 1.29 is 4.39 Å². The molecule has 0 aliphatic rings. The Balaban J connectivity index is 1.97. The molecule has 0 aliphatic heterocycles. The van der Waals surface area contributed by atoms with E-state index in [-0.39, 0.29) is 44.2 Å². The van der Waals surface area contributed by atoms with Crippen molar-refractivity contribution in [2.24, 2.45) is 0 Å². The molecule has 0 spiro atoms. The van der Waals surface area contributed by atoms with Crippen LogP contribution in [0.2, 0.25) is 10.2 Å². The Bertz CT molecular complexity index is 1450. The number of nitrogens with two attached hydrogens (primary N) is 1. The van der Waals surface area contributed by atoms with Crippen LogP contribution < -0.4 is 16.6 Å². The molecule has 2 aromatic heterocycles. The molecule has 2 heterocycles. The van der Waals surface area contributed by atoms with E-state index < -0.39 is 17.4 Å². The summed E-state index contributed by atoms with van der Waals surface area (Å²) in [5.41, 5.74) is 5.41. The predicted molar refractivity (Wildman–Crippen MR) is 121 cm³/mol. The molecular weight excluding hydrogens is 456 g/mol. The predicted octanol–water partition coefficient (Wildman–Crippen LogP) is 4.25. The Morgan fingerprint density at radius 3 is 2.56 bits per heavy atom. The molecule has 0 radical (unpaired) electrons. The van der Waals surface area contributed by atoms with Crippen molar-refractivity contribution in [1.82, 2.24) is 19.5 Å². The zero-order chi connectivity index (χ0) is 23.0. The van der Waals surface area contributed by atoms with Crippen molar-refractivity contribution in [2.45, 2.75) is 13.0 Å². The van der Waals surface area contributed by atoms with E-state index in [9.17, 15) is 14.4 Å². The van der Waals surface area contributed by atoms with Crippen molar-refractivity contribution in [3.05, 3.63) is 80.2 Å². The van der Waals surface area contributed by atoms with E-state index in [1.165, 1.54) is 10.6 Å². The molecule has 4 aromatic rings. The van der Waals surface area contributed by atoms with Gasteiger partial charge in [0.2, 0.25) is 5.95 Å². The van der Waals surface area contributed by atoms with E-state index in [0.29, 0.717) is 5.69 Å². The standard InChI is InChI=1S/C21H14Cl2FN7O/c1-10(27-18-12(9-25)17(23)29-21(26)30-18)19-28-16-14(24)8-7-13(22)15(16)20(32)31(19)11-5-3-2-4-6-11/h2-8,10H,1H3,(H3,26,27,29,30). The number of benzene rings is 2. The second-order valence-electron chi connectivity index (χ2n) is 6.77. The number of halogens is 3. The lowest BCUT2D eigenvalue weighted by Crippen LogP contribution is -2.28. The number of aromatic nitrogens is 4. The average Bonchev–Trinajstić information content (AvgIpc) is 2.76. The summed E-state index contributed by atoms with van der Waals surface area (Å²) in [7, 11) is 0. The number of hydrogen-bond acceptors (Lipinski definition) is 7. The van der Waals surface area contributed by atoms with Crippen LogP contribution in [0.5, 0.6) is 0 Å². The molecule has 2 aromatic carbocycles. The van der Waals surface area contributed by atoms with E-state index in [1.54, 1.807) is 37.3 Å². The average molecular weight is 470 g/mol. The van der Waals surface area contributed by atoms with Gasteiger partial charge in [-0.1, -0.05) is 41.4 Å². The van der Waals surface area contributed by atoms with Gasteiger partial charge in [0.1, 0.15) is 28.8 Å². The molecule has 4 rings (SSSR count). The summed E-state index contributed by atoms with van der Waals surface area (Å²) in [6.45, 7) is 1.67. The summed E-state index contributed by atoms with van der Waals surface area (Å²) in [6.07, 6.45) is 0. The zero-order valence-corrected chi connectivity index (χ0v) is 18.0. The Hall–Kier alpha value is -3.74. The van der Waals surface area contributed by atoms with Crippen LogP contribution in [-0.2, 0) is 0 Å². The molecule has 1 unspecified atom stereocenters. The van der Waals surface area contributed by atoms with Crippen LogP contribution >= 0.6 is 23.2 Å². The lowest BCUT2D eigenvalue weighted by atomic mass is 10.2. The first-order valence-electron chi connectivity index (χ1n) is 9.27. The van der Waals surface area contributed by atoms with Gasteiger partial charge in [0.05, 0.1) is 22.1 Å². The van der Waals surface area contributed by atoms with Crippen LogP contribution in [-0.4, -0.2) is 19.5 Å². The summed E-state index contributed by atoms with van der Waals surface area (Å²) in [6, 6.07) is 12.3. The van der Waals surface area contributed by atoms with Crippen LogP contribution in [0.1, 0.15) is 24.4 Å². The van der Waals surface area contributed by atoms with Crippen LogP contribution in [0, 0.1) is 17.1 Å². The van der Waals surface area contributed by atoms with Crippen LogP contribution in [0.25, 0.3) is 16.6 Å². The lowest BCUT2D eigenvalue weighted by molar-refractivity contribution is 0.632. The van der Waals surface area contributed by atoms with Gasteiger partial charge in [0, 0.05) is 0 Å². The largest absolute Gasteiger partial charge is 0.368 e. The van der Waals surface area contributed by atoms with Gasteiger partial charge in [-0.15, -0.1) is 0 Å². The maximum absolute atomic E-state index is 14.6. The van der Waals surface area contributed by atoms with Crippen molar-refractivity contribution in [1.29, 1.82) is 5.26 Å². The second-order valence-corrected chi connectivity index (χ2v) is 7.54. The maximum atomic E-state index is 14.6. The Labute approximate surface area is 191 Å². The molecule has 1 atom stereocenters. The molecule has 160 valence electrons. The first kappa shape index (κ1) is 21.5. The minimum absolute atomic E-state index is 0.0312. The molecule has 11 heteroatoms. The van der Waals surface area contributed by atoms with E-state index in [1.807, 2.05) is 6.07 Å². The monoisotopic (exact) mass is 469 g/mol. The molecule has 8 nitrogen and oxygen atoms in total. The van der Waals surface area contributed by atoms with Crippen molar-refractivity contribution in [3.8, 4) is 11.8 Å². The molecular formula is C21H14Cl2FN7O. The number of para-hydroxylation sites is 1. The summed E-state index contributed by atoms with van der Waals surface area (Å²) in [5.74, 6) is -0.624. The summed E-state index contributed by atoms with van der Waals surface area (Å²) < 4.78 is 15.9. The summed E-state index contributed by atoms with van der Waals surface area (Å²) in [4.78, 5) is 25.6. The number of nitrogen functional groups attached to an aromatic ring is 1. The quantitative estimate of drug-likeness (QED) is 0.428. The SMILES string of the molecule is CC(Nc1nc(N)nc(Cl)c1C#N)c1nc2c(F)ccc(Cl)c2c(=O)n1-c1ccccc1. The third-order valence-corrected chi connectivity index (χ3v) is 5.29. The molecule has 0 fully saturated rings. The van der Waals surface area contributed by atoms with Gasteiger partial charge >= 0.3 is 0 Å². The topological polar surface area (TPSA) is 123 Å². The van der Waals surface area contributed by atoms with Crippen molar-refractivity contribution >= 4 is 45.9 Å². The molecule has 32 heavy (non-hydrogen) atoms. The molecule has 0 saturated carbocycles. The summed E-state index contributed by atoms with van der Waals surface area (Å²) in [5, 5.41) is 12.3. The third kappa shape index (κ3) is 3.70. The normalized spacial score (nSPS) is 11.8. The fourth-order valence-electron chi connectivity index (χ4n) is 3.27. The number of anilines is 2. The lowest BCUT2D eigenvalue weighted by Gasteiger charge is -2.21. The fourth-order valence-corrected chi connectivity index (χ4v) is 3.73. The number of nitriles is 1. The molecule has 0 aliphatic carbocycles. The smallest absolute Gasteiger partial charge is 0.267 e. The van der Waals surface area contributed by atoms with Gasteiger partial charge in [-0.2, -0.15) is 15.2 Å². The zero-order valence-electron chi connectivity index (χ0n) is 16.5. The number of hydrogen-bond donors (Lipinski definition) is 2. The van der Waals surface area contributed by atoms with E-state index in [0.717, 1.165) is 6.07 Å². The van der Waals surface area contributed by atoms with Gasteiger partial charge in [-0.3, -0.25) is 9.36 Å². The molecule has 0 bridgehead atoms. The Morgan fingerprint density at radius 1 is 1.16 bits per heavy atom. The van der Waals surface area contributed by atoms with E-state index in [2.05, 4.69) is 20.3 Å². The highest BCUT2D eigenvalue weighted by molar-refractivity contribution is 6.35. The van der Waals surface area contributed by atoms with Crippen molar-refractivity contribution in [2.75, 3.05) is 11.1 Å². The maximum Gasteiger partial charge on any atom is 0.267 e.